The number of carbonyl (C=O) groups is 1. The summed E-state index contributed by atoms with van der Waals surface area (Å²) in [6.07, 6.45) is 17.4. The molecule has 0 aliphatic rings. The monoisotopic (exact) mass is 354 g/mol. The van der Waals surface area contributed by atoms with Crippen molar-refractivity contribution in [2.75, 3.05) is 14.1 Å². The van der Waals surface area contributed by atoms with E-state index in [1.807, 2.05) is 19.0 Å². The summed E-state index contributed by atoms with van der Waals surface area (Å²) in [6, 6.07) is 0.123. The van der Waals surface area contributed by atoms with E-state index in [2.05, 4.69) is 19.0 Å². The Labute approximate surface area is 156 Å². The van der Waals surface area contributed by atoms with E-state index in [-0.39, 0.29) is 12.0 Å². The number of carbonyl (C=O) groups excluding carboxylic acids is 1. The molecule has 0 saturated heterocycles. The fourth-order valence-corrected chi connectivity index (χ4v) is 3.76. The third-order valence-electron chi connectivity index (χ3n) is 5.32. The molecular formula is C21H42N2O2. The fraction of sp³-hybridized carbons (Fsp3) is 0.952. The van der Waals surface area contributed by atoms with E-state index < -0.39 is 5.91 Å². The van der Waals surface area contributed by atoms with Gasteiger partial charge in [-0.25, -0.2) is 0 Å². The molecule has 0 bridgehead atoms. The SMILES string of the molecule is CCCCCCCCCCCCCCC(C(=O)N=O)C(CC)N(C)C. The smallest absolute Gasteiger partial charge is 0.290 e. The van der Waals surface area contributed by atoms with Gasteiger partial charge in [0.1, 0.15) is 0 Å². The first-order valence-corrected chi connectivity index (χ1v) is 10.6. The van der Waals surface area contributed by atoms with Gasteiger partial charge in [0.2, 0.25) is 0 Å². The molecule has 0 heterocycles. The number of amides is 1. The number of unbranched alkanes of at least 4 members (excludes halogenated alkanes) is 11. The van der Waals surface area contributed by atoms with Gasteiger partial charge < -0.3 is 4.90 Å². The molecule has 0 aliphatic heterocycles. The van der Waals surface area contributed by atoms with Crippen LogP contribution < -0.4 is 0 Å². The molecule has 4 heteroatoms. The van der Waals surface area contributed by atoms with Crippen LogP contribution in [0.3, 0.4) is 0 Å². The number of rotatable bonds is 17. The van der Waals surface area contributed by atoms with Crippen molar-refractivity contribution in [3.05, 3.63) is 4.91 Å². The molecule has 0 N–H and O–H groups in total. The molecule has 0 aromatic carbocycles. The lowest BCUT2D eigenvalue weighted by Crippen LogP contribution is -2.38. The minimum Gasteiger partial charge on any atom is -0.306 e. The highest BCUT2D eigenvalue weighted by Gasteiger charge is 2.28. The van der Waals surface area contributed by atoms with Gasteiger partial charge in [-0.1, -0.05) is 90.9 Å². The standard InChI is InChI=1S/C21H42N2O2/c1-5-7-8-9-10-11-12-13-14-15-16-17-18-19(21(24)22-25)20(6-2)23(3)4/h19-20H,5-18H2,1-4H3. The lowest BCUT2D eigenvalue weighted by Gasteiger charge is -2.28. The Morgan fingerprint density at radius 2 is 1.24 bits per heavy atom. The van der Waals surface area contributed by atoms with Crippen molar-refractivity contribution in [2.24, 2.45) is 11.1 Å². The second kappa shape index (κ2) is 16.7. The van der Waals surface area contributed by atoms with Crippen molar-refractivity contribution in [1.82, 2.24) is 4.90 Å². The zero-order valence-corrected chi connectivity index (χ0v) is 17.3. The summed E-state index contributed by atoms with van der Waals surface area (Å²) in [6.45, 7) is 4.33. The average molecular weight is 355 g/mol. The van der Waals surface area contributed by atoms with E-state index in [4.69, 9.17) is 0 Å². The van der Waals surface area contributed by atoms with E-state index in [1.54, 1.807) is 0 Å². The summed E-state index contributed by atoms with van der Waals surface area (Å²) in [4.78, 5) is 24.6. The summed E-state index contributed by atoms with van der Waals surface area (Å²) < 4.78 is 0. The van der Waals surface area contributed by atoms with Gasteiger partial charge in [-0.15, -0.1) is 4.91 Å². The second-order valence-electron chi connectivity index (χ2n) is 7.65. The van der Waals surface area contributed by atoms with Gasteiger partial charge >= 0.3 is 0 Å². The first-order chi connectivity index (χ1) is 12.1. The summed E-state index contributed by atoms with van der Waals surface area (Å²) in [7, 11) is 3.95. The largest absolute Gasteiger partial charge is 0.306 e. The molecule has 148 valence electrons. The van der Waals surface area contributed by atoms with Crippen molar-refractivity contribution in [2.45, 2.75) is 110 Å². The number of hydrogen-bond acceptors (Lipinski definition) is 3. The molecule has 0 radical (unpaired) electrons. The Kier molecular flexibility index (Phi) is 16.2. The first kappa shape index (κ1) is 24.2. The minimum atomic E-state index is -0.469. The maximum Gasteiger partial charge on any atom is 0.290 e. The number of hydrogen-bond donors (Lipinski definition) is 0. The van der Waals surface area contributed by atoms with E-state index in [9.17, 15) is 9.70 Å². The van der Waals surface area contributed by atoms with Crippen LogP contribution in [-0.2, 0) is 4.79 Å². The molecule has 1 amide bonds. The highest BCUT2D eigenvalue weighted by molar-refractivity contribution is 5.80. The van der Waals surface area contributed by atoms with Crippen LogP contribution in [0.25, 0.3) is 0 Å². The Bertz CT molecular complexity index is 332. The number of nitrogens with zero attached hydrogens (tertiary/aromatic N) is 2. The van der Waals surface area contributed by atoms with E-state index in [1.165, 1.54) is 64.2 Å². The van der Waals surface area contributed by atoms with E-state index in [0.717, 1.165) is 25.7 Å². The predicted octanol–water partition coefficient (Wildman–Crippen LogP) is 6.33. The maximum absolute atomic E-state index is 11.8. The molecular weight excluding hydrogens is 312 g/mol. The van der Waals surface area contributed by atoms with Gasteiger partial charge in [0.25, 0.3) is 5.91 Å². The lowest BCUT2D eigenvalue weighted by atomic mass is 9.90. The quantitative estimate of drug-likeness (QED) is 0.226. The highest BCUT2D eigenvalue weighted by atomic mass is 16.3. The zero-order valence-electron chi connectivity index (χ0n) is 17.3. The van der Waals surface area contributed by atoms with Crippen LogP contribution in [0.15, 0.2) is 5.18 Å². The Morgan fingerprint density at radius 3 is 1.60 bits per heavy atom. The summed E-state index contributed by atoms with van der Waals surface area (Å²) in [5, 5.41) is 2.70. The van der Waals surface area contributed by atoms with Gasteiger partial charge in [-0.05, 0) is 26.9 Å². The summed E-state index contributed by atoms with van der Waals surface area (Å²) >= 11 is 0. The zero-order chi connectivity index (χ0) is 18.9. The van der Waals surface area contributed by atoms with Crippen LogP contribution in [0.5, 0.6) is 0 Å². The van der Waals surface area contributed by atoms with Crippen LogP contribution in [0.1, 0.15) is 104 Å². The maximum atomic E-state index is 11.8. The molecule has 0 aromatic heterocycles. The molecule has 0 saturated carbocycles. The van der Waals surface area contributed by atoms with E-state index in [0.29, 0.717) is 0 Å². The molecule has 2 atom stereocenters. The molecule has 4 nitrogen and oxygen atoms in total. The minimum absolute atomic E-state index is 0.123. The van der Waals surface area contributed by atoms with E-state index >= 15 is 0 Å². The van der Waals surface area contributed by atoms with Crippen molar-refractivity contribution in [3.8, 4) is 0 Å². The molecule has 25 heavy (non-hydrogen) atoms. The second-order valence-corrected chi connectivity index (χ2v) is 7.65. The van der Waals surface area contributed by atoms with Crippen LogP contribution in [0.4, 0.5) is 0 Å². The van der Waals surface area contributed by atoms with Crippen molar-refractivity contribution in [3.63, 3.8) is 0 Å². The van der Waals surface area contributed by atoms with Crippen molar-refractivity contribution < 1.29 is 4.79 Å². The van der Waals surface area contributed by atoms with Gasteiger partial charge in [0.05, 0.1) is 5.92 Å². The summed E-state index contributed by atoms with van der Waals surface area (Å²) in [5.41, 5.74) is 0. The van der Waals surface area contributed by atoms with Gasteiger partial charge in [0.15, 0.2) is 0 Å². The van der Waals surface area contributed by atoms with Gasteiger partial charge in [0, 0.05) is 11.2 Å². The van der Waals surface area contributed by atoms with Gasteiger partial charge in [-0.2, -0.15) is 0 Å². The van der Waals surface area contributed by atoms with Crippen LogP contribution in [0, 0.1) is 10.8 Å². The van der Waals surface area contributed by atoms with Crippen molar-refractivity contribution >= 4 is 5.91 Å². The molecule has 0 spiro atoms. The Morgan fingerprint density at radius 1 is 0.800 bits per heavy atom. The lowest BCUT2D eigenvalue weighted by molar-refractivity contribution is -0.124. The highest BCUT2D eigenvalue weighted by Crippen LogP contribution is 2.22. The molecule has 0 rings (SSSR count). The molecule has 2 unspecified atom stereocenters. The number of nitroso groups, excluding NO2 is 1. The van der Waals surface area contributed by atoms with Gasteiger partial charge in [-0.3, -0.25) is 4.79 Å². The van der Waals surface area contributed by atoms with Crippen LogP contribution in [0.2, 0.25) is 0 Å². The molecule has 0 aliphatic carbocycles. The molecule has 0 fully saturated rings. The van der Waals surface area contributed by atoms with Crippen LogP contribution >= 0.6 is 0 Å². The Hall–Kier alpha value is -0.770. The van der Waals surface area contributed by atoms with Crippen LogP contribution in [-0.4, -0.2) is 30.9 Å². The third-order valence-corrected chi connectivity index (χ3v) is 5.32. The Balaban J connectivity index is 3.75. The fourth-order valence-electron chi connectivity index (χ4n) is 3.76. The first-order valence-electron chi connectivity index (χ1n) is 10.6. The molecule has 0 aromatic rings. The average Bonchev–Trinajstić information content (AvgIpc) is 2.60. The summed E-state index contributed by atoms with van der Waals surface area (Å²) in [5.74, 6) is -0.704. The predicted molar refractivity (Wildman–Crippen MR) is 108 cm³/mol. The normalized spacial score (nSPS) is 13.8. The third kappa shape index (κ3) is 12.3. The topological polar surface area (TPSA) is 49.7 Å². The van der Waals surface area contributed by atoms with Crippen molar-refractivity contribution in [1.29, 1.82) is 0 Å².